The first kappa shape index (κ1) is 19.3. The van der Waals surface area contributed by atoms with E-state index < -0.39 is 17.0 Å². The van der Waals surface area contributed by atoms with E-state index in [4.69, 9.17) is 4.74 Å². The van der Waals surface area contributed by atoms with Gasteiger partial charge in [-0.05, 0) is 54.7 Å². The molecule has 0 saturated carbocycles. The molecule has 5 heteroatoms. The van der Waals surface area contributed by atoms with E-state index in [0.29, 0.717) is 12.0 Å². The molecule has 142 valence electrons. The van der Waals surface area contributed by atoms with Crippen LogP contribution in [-0.4, -0.2) is 10.9 Å². The predicted molar refractivity (Wildman–Crippen MR) is 107 cm³/mol. The molecule has 0 aliphatic carbocycles. The Morgan fingerprint density at radius 2 is 1.50 bits per heavy atom. The maximum absolute atomic E-state index is 12.5. The number of benzene rings is 3. The number of ether oxygens (including phenoxy) is 1. The Balaban J connectivity index is 1.72. The summed E-state index contributed by atoms with van der Waals surface area (Å²) in [5, 5.41) is 10.9. The molecule has 0 radical (unpaired) electrons. The number of nitro groups is 1. The van der Waals surface area contributed by atoms with Crippen molar-refractivity contribution in [3.8, 4) is 0 Å². The number of esters is 1. The zero-order valence-corrected chi connectivity index (χ0v) is 15.4. The predicted octanol–water partition coefficient (Wildman–Crippen LogP) is 5.52. The highest BCUT2D eigenvalue weighted by atomic mass is 16.6. The number of aryl methyl sites for hydroxylation is 1. The second-order valence-electron chi connectivity index (χ2n) is 6.49. The molecule has 3 rings (SSSR count). The molecular weight excluding hydrogens is 354 g/mol. The third-order valence-corrected chi connectivity index (χ3v) is 4.51. The Morgan fingerprint density at radius 1 is 0.893 bits per heavy atom. The van der Waals surface area contributed by atoms with E-state index in [1.54, 1.807) is 36.4 Å². The lowest BCUT2D eigenvalue weighted by atomic mass is 10.0. The van der Waals surface area contributed by atoms with Gasteiger partial charge in [0.25, 0.3) is 5.69 Å². The number of carbonyl (C=O) groups is 1. The SMILES string of the molecule is O=C(OC(CCCc1ccccc1)c1ccc([N+](=O)[O-])cc1)c1ccccc1. The van der Waals surface area contributed by atoms with Crippen LogP contribution >= 0.6 is 0 Å². The molecule has 0 aliphatic rings. The van der Waals surface area contributed by atoms with Gasteiger partial charge in [-0.25, -0.2) is 4.79 Å². The molecule has 3 aromatic carbocycles. The third-order valence-electron chi connectivity index (χ3n) is 4.51. The minimum Gasteiger partial charge on any atom is -0.454 e. The molecule has 3 aromatic rings. The van der Waals surface area contributed by atoms with E-state index in [1.807, 2.05) is 24.3 Å². The Hall–Kier alpha value is -3.47. The van der Waals surface area contributed by atoms with Gasteiger partial charge >= 0.3 is 5.97 Å². The van der Waals surface area contributed by atoms with Gasteiger partial charge in [0.05, 0.1) is 10.5 Å². The number of rotatable bonds is 8. The van der Waals surface area contributed by atoms with Gasteiger partial charge in [-0.2, -0.15) is 0 Å². The van der Waals surface area contributed by atoms with E-state index >= 15 is 0 Å². The average Bonchev–Trinajstić information content (AvgIpc) is 2.74. The van der Waals surface area contributed by atoms with E-state index in [9.17, 15) is 14.9 Å². The number of carbonyl (C=O) groups excluding carboxylic acids is 1. The molecule has 1 unspecified atom stereocenters. The smallest absolute Gasteiger partial charge is 0.338 e. The summed E-state index contributed by atoms with van der Waals surface area (Å²) in [4.78, 5) is 23.0. The van der Waals surface area contributed by atoms with Crippen molar-refractivity contribution in [2.45, 2.75) is 25.4 Å². The molecule has 0 fully saturated rings. The lowest BCUT2D eigenvalue weighted by molar-refractivity contribution is -0.384. The van der Waals surface area contributed by atoms with Crippen LogP contribution in [0.1, 0.15) is 40.4 Å². The molecule has 1 atom stereocenters. The maximum atomic E-state index is 12.5. The van der Waals surface area contributed by atoms with E-state index in [1.165, 1.54) is 17.7 Å². The lowest BCUT2D eigenvalue weighted by Gasteiger charge is -2.18. The van der Waals surface area contributed by atoms with Crippen LogP contribution in [0.4, 0.5) is 5.69 Å². The van der Waals surface area contributed by atoms with Gasteiger partial charge in [-0.15, -0.1) is 0 Å². The highest BCUT2D eigenvalue weighted by Gasteiger charge is 2.19. The molecule has 0 bridgehead atoms. The fraction of sp³-hybridized carbons (Fsp3) is 0.174. The summed E-state index contributed by atoms with van der Waals surface area (Å²) in [7, 11) is 0. The summed E-state index contributed by atoms with van der Waals surface area (Å²) >= 11 is 0. The van der Waals surface area contributed by atoms with Gasteiger partial charge in [0, 0.05) is 12.1 Å². The Morgan fingerprint density at radius 3 is 2.11 bits per heavy atom. The molecule has 5 nitrogen and oxygen atoms in total. The Bertz CT molecular complexity index is 908. The summed E-state index contributed by atoms with van der Waals surface area (Å²) in [6, 6.07) is 25.1. The monoisotopic (exact) mass is 375 g/mol. The molecule has 0 N–H and O–H groups in total. The van der Waals surface area contributed by atoms with Gasteiger partial charge in [0.1, 0.15) is 6.10 Å². The second-order valence-corrected chi connectivity index (χ2v) is 6.49. The van der Waals surface area contributed by atoms with Gasteiger partial charge < -0.3 is 4.74 Å². The van der Waals surface area contributed by atoms with Gasteiger partial charge in [-0.3, -0.25) is 10.1 Å². The number of hydrogen-bond acceptors (Lipinski definition) is 4. The molecule has 0 amide bonds. The molecule has 0 aliphatic heterocycles. The van der Waals surface area contributed by atoms with Crippen LogP contribution in [0, 0.1) is 10.1 Å². The minimum absolute atomic E-state index is 0.0150. The summed E-state index contributed by atoms with van der Waals surface area (Å²) < 4.78 is 5.75. The van der Waals surface area contributed by atoms with Crippen molar-refractivity contribution in [2.24, 2.45) is 0 Å². The van der Waals surface area contributed by atoms with E-state index in [0.717, 1.165) is 18.4 Å². The maximum Gasteiger partial charge on any atom is 0.338 e. The average molecular weight is 375 g/mol. The third kappa shape index (κ3) is 5.27. The fourth-order valence-electron chi connectivity index (χ4n) is 3.01. The highest BCUT2D eigenvalue weighted by Crippen LogP contribution is 2.27. The summed E-state index contributed by atoms with van der Waals surface area (Å²) in [5.74, 6) is -0.399. The van der Waals surface area contributed by atoms with Crippen molar-refractivity contribution in [3.63, 3.8) is 0 Å². The fourth-order valence-corrected chi connectivity index (χ4v) is 3.01. The van der Waals surface area contributed by atoms with Crippen molar-refractivity contribution < 1.29 is 14.5 Å². The standard InChI is InChI=1S/C23H21NO4/c25-23(20-11-5-2-6-12-20)28-22(13-7-10-18-8-3-1-4-9-18)19-14-16-21(17-15-19)24(26)27/h1-6,8-9,11-12,14-17,22H,7,10,13H2. The summed E-state index contributed by atoms with van der Waals surface area (Å²) in [6.45, 7) is 0. The van der Waals surface area contributed by atoms with E-state index in [2.05, 4.69) is 12.1 Å². The van der Waals surface area contributed by atoms with Crippen molar-refractivity contribution >= 4 is 11.7 Å². The van der Waals surface area contributed by atoms with E-state index in [-0.39, 0.29) is 5.69 Å². The minimum atomic E-state index is -0.461. The molecule has 0 spiro atoms. The molecule has 28 heavy (non-hydrogen) atoms. The van der Waals surface area contributed by atoms with Gasteiger partial charge in [0.2, 0.25) is 0 Å². The molecule has 0 heterocycles. The molecule has 0 saturated heterocycles. The van der Waals surface area contributed by atoms with Crippen LogP contribution in [-0.2, 0) is 11.2 Å². The number of nitro benzene ring substituents is 1. The van der Waals surface area contributed by atoms with Crippen molar-refractivity contribution in [3.05, 3.63) is 112 Å². The van der Waals surface area contributed by atoms with Crippen LogP contribution in [0.15, 0.2) is 84.9 Å². The van der Waals surface area contributed by atoms with Crippen molar-refractivity contribution in [1.82, 2.24) is 0 Å². The van der Waals surface area contributed by atoms with Crippen molar-refractivity contribution in [2.75, 3.05) is 0 Å². The second kappa shape index (κ2) is 9.46. The summed E-state index contributed by atoms with van der Waals surface area (Å²) in [5.41, 5.74) is 2.47. The molecular formula is C23H21NO4. The largest absolute Gasteiger partial charge is 0.454 e. The van der Waals surface area contributed by atoms with Crippen molar-refractivity contribution in [1.29, 1.82) is 0 Å². The first-order valence-corrected chi connectivity index (χ1v) is 9.18. The zero-order chi connectivity index (χ0) is 19.8. The number of hydrogen-bond donors (Lipinski definition) is 0. The topological polar surface area (TPSA) is 69.4 Å². The first-order valence-electron chi connectivity index (χ1n) is 9.18. The van der Waals surface area contributed by atoms with Crippen LogP contribution in [0.25, 0.3) is 0 Å². The number of non-ortho nitro benzene ring substituents is 1. The van der Waals surface area contributed by atoms with Gasteiger partial charge in [0.15, 0.2) is 0 Å². The highest BCUT2D eigenvalue weighted by molar-refractivity contribution is 5.89. The first-order chi connectivity index (χ1) is 13.6. The normalized spacial score (nSPS) is 11.6. The lowest BCUT2D eigenvalue weighted by Crippen LogP contribution is -2.12. The summed E-state index contributed by atoms with van der Waals surface area (Å²) in [6.07, 6.45) is 1.86. The van der Waals surface area contributed by atoms with Crippen LogP contribution in [0.5, 0.6) is 0 Å². The van der Waals surface area contributed by atoms with Gasteiger partial charge in [-0.1, -0.05) is 48.5 Å². The number of nitrogens with zero attached hydrogens (tertiary/aromatic N) is 1. The van der Waals surface area contributed by atoms with Crippen LogP contribution in [0.2, 0.25) is 0 Å². The van der Waals surface area contributed by atoms with Crippen LogP contribution < -0.4 is 0 Å². The zero-order valence-electron chi connectivity index (χ0n) is 15.4. The quantitative estimate of drug-likeness (QED) is 0.295. The molecule has 0 aromatic heterocycles. The Labute approximate surface area is 163 Å². The van der Waals surface area contributed by atoms with Crippen LogP contribution in [0.3, 0.4) is 0 Å². The Kier molecular flexibility index (Phi) is 6.52.